The van der Waals surface area contributed by atoms with Gasteiger partial charge >= 0.3 is 0 Å². The molecule has 0 aliphatic heterocycles. The molecule has 1 aromatic carbocycles. The molecule has 0 bridgehead atoms. The molecule has 0 amide bonds. The highest BCUT2D eigenvalue weighted by Gasteiger charge is 2.20. The van der Waals surface area contributed by atoms with Crippen LogP contribution in [0.5, 0.6) is 11.5 Å². The van der Waals surface area contributed by atoms with E-state index in [0.717, 1.165) is 12.1 Å². The quantitative estimate of drug-likeness (QED) is 0.401. The van der Waals surface area contributed by atoms with Crippen LogP contribution in [-0.4, -0.2) is 29.9 Å². The summed E-state index contributed by atoms with van der Waals surface area (Å²) in [5.41, 5.74) is -0.528. The molecule has 20 heavy (non-hydrogen) atoms. The molecule has 0 aromatic heterocycles. The van der Waals surface area contributed by atoms with Gasteiger partial charge in [0.1, 0.15) is 6.10 Å². The van der Waals surface area contributed by atoms with Gasteiger partial charge in [-0.2, -0.15) is 0 Å². The Morgan fingerprint density at radius 3 is 2.60 bits per heavy atom. The number of carbonyl (C=O) groups excluding carboxylic acids is 2. The Kier molecular flexibility index (Phi) is 5.01. The van der Waals surface area contributed by atoms with Crippen molar-refractivity contribution in [3.63, 3.8) is 0 Å². The van der Waals surface area contributed by atoms with Gasteiger partial charge in [0.15, 0.2) is 17.8 Å². The van der Waals surface area contributed by atoms with E-state index in [2.05, 4.69) is 0 Å². The molecule has 108 valence electrons. The zero-order valence-corrected chi connectivity index (χ0v) is 10.8. The zero-order chi connectivity index (χ0) is 15.3. The molecule has 0 aliphatic carbocycles. The fraction of sp³-hybridized carbons (Fsp3) is 0.333. The standard InChI is InChI=1S/C12H13NO7/c1-3-19-10-5-9(13(17)18)4-8(6-14)11(10)20-7(2)12(15)16/h4-7H,3H2,1-2H3,(H,15,16)/p-1/t7-/m0/s1. The third-order valence-electron chi connectivity index (χ3n) is 2.33. The summed E-state index contributed by atoms with van der Waals surface area (Å²) in [4.78, 5) is 31.7. The second-order valence-electron chi connectivity index (χ2n) is 3.75. The molecule has 1 rings (SSSR count). The first-order valence-corrected chi connectivity index (χ1v) is 5.68. The highest BCUT2D eigenvalue weighted by molar-refractivity contribution is 5.83. The van der Waals surface area contributed by atoms with E-state index in [-0.39, 0.29) is 29.4 Å². The van der Waals surface area contributed by atoms with Gasteiger partial charge in [-0.15, -0.1) is 0 Å². The number of nitro benzene ring substituents is 1. The number of rotatable bonds is 7. The number of aliphatic carboxylic acids is 1. The summed E-state index contributed by atoms with van der Waals surface area (Å²) in [5, 5.41) is 21.4. The Bertz CT molecular complexity index is 541. The van der Waals surface area contributed by atoms with E-state index < -0.39 is 17.0 Å². The van der Waals surface area contributed by atoms with Crippen molar-refractivity contribution in [3.8, 4) is 11.5 Å². The lowest BCUT2D eigenvalue weighted by molar-refractivity contribution is -0.385. The molecule has 0 unspecified atom stereocenters. The smallest absolute Gasteiger partial charge is 0.274 e. The predicted octanol–water partition coefficient (Wildman–Crippen LogP) is 0.323. The Hall–Kier alpha value is -2.64. The second-order valence-corrected chi connectivity index (χ2v) is 3.75. The number of nitro groups is 1. The van der Waals surface area contributed by atoms with Crippen LogP contribution in [0.1, 0.15) is 24.2 Å². The summed E-state index contributed by atoms with van der Waals surface area (Å²) in [6.45, 7) is 3.00. The van der Waals surface area contributed by atoms with E-state index in [1.165, 1.54) is 6.92 Å². The molecule has 0 fully saturated rings. The third-order valence-corrected chi connectivity index (χ3v) is 2.33. The maximum atomic E-state index is 11.0. The topological polar surface area (TPSA) is 119 Å². The SMILES string of the molecule is CCOc1cc([N+](=O)[O-])cc(C=O)c1O[C@@H](C)C(=O)[O-]. The van der Waals surface area contributed by atoms with Crippen LogP contribution < -0.4 is 14.6 Å². The zero-order valence-electron chi connectivity index (χ0n) is 10.8. The van der Waals surface area contributed by atoms with Crippen LogP contribution in [0.4, 0.5) is 5.69 Å². The first-order chi connectivity index (χ1) is 9.40. The van der Waals surface area contributed by atoms with Crippen LogP contribution in [0.3, 0.4) is 0 Å². The summed E-state index contributed by atoms with van der Waals surface area (Å²) >= 11 is 0. The Morgan fingerprint density at radius 2 is 2.15 bits per heavy atom. The average Bonchev–Trinajstić information content (AvgIpc) is 2.40. The summed E-state index contributed by atoms with van der Waals surface area (Å²) in [5.74, 6) is -1.72. The van der Waals surface area contributed by atoms with E-state index >= 15 is 0 Å². The van der Waals surface area contributed by atoms with Crippen molar-refractivity contribution in [2.75, 3.05) is 6.61 Å². The van der Waals surface area contributed by atoms with Crippen LogP contribution in [-0.2, 0) is 4.79 Å². The minimum absolute atomic E-state index is 0.0723. The molecule has 8 nitrogen and oxygen atoms in total. The first kappa shape index (κ1) is 15.4. The number of non-ortho nitro benzene ring substituents is 1. The highest BCUT2D eigenvalue weighted by Crippen LogP contribution is 2.35. The van der Waals surface area contributed by atoms with Gasteiger partial charge in [0, 0.05) is 6.07 Å². The van der Waals surface area contributed by atoms with Crippen molar-refractivity contribution in [1.82, 2.24) is 0 Å². The number of hydrogen-bond donors (Lipinski definition) is 0. The van der Waals surface area contributed by atoms with Crippen molar-refractivity contribution >= 4 is 17.9 Å². The molecule has 0 radical (unpaired) electrons. The summed E-state index contributed by atoms with van der Waals surface area (Å²) in [7, 11) is 0. The maximum Gasteiger partial charge on any atom is 0.274 e. The fourth-order valence-corrected chi connectivity index (χ4v) is 1.42. The fourth-order valence-electron chi connectivity index (χ4n) is 1.42. The molecule has 0 heterocycles. The van der Waals surface area contributed by atoms with Gasteiger partial charge < -0.3 is 19.4 Å². The molecule has 0 aliphatic rings. The Balaban J connectivity index is 3.34. The van der Waals surface area contributed by atoms with Crippen molar-refractivity contribution in [1.29, 1.82) is 0 Å². The van der Waals surface area contributed by atoms with Gasteiger partial charge in [0.25, 0.3) is 5.69 Å². The van der Waals surface area contributed by atoms with Crippen molar-refractivity contribution in [2.45, 2.75) is 20.0 Å². The van der Waals surface area contributed by atoms with Gasteiger partial charge in [0.2, 0.25) is 0 Å². The van der Waals surface area contributed by atoms with E-state index in [4.69, 9.17) is 9.47 Å². The number of nitrogens with zero attached hydrogens (tertiary/aromatic N) is 1. The molecule has 0 spiro atoms. The van der Waals surface area contributed by atoms with Crippen LogP contribution >= 0.6 is 0 Å². The minimum atomic E-state index is -1.48. The van der Waals surface area contributed by atoms with Crippen molar-refractivity contribution in [3.05, 3.63) is 27.8 Å². The number of ether oxygens (including phenoxy) is 2. The van der Waals surface area contributed by atoms with Gasteiger partial charge in [-0.25, -0.2) is 0 Å². The molecule has 1 atom stereocenters. The monoisotopic (exact) mass is 282 g/mol. The lowest BCUT2D eigenvalue weighted by Crippen LogP contribution is -2.37. The molecule has 0 N–H and O–H groups in total. The summed E-state index contributed by atoms with van der Waals surface area (Å²) in [6, 6.07) is 2.04. The number of carboxylic acids is 1. The Morgan fingerprint density at radius 1 is 1.50 bits per heavy atom. The van der Waals surface area contributed by atoms with Crippen molar-refractivity contribution in [2.24, 2.45) is 0 Å². The lowest BCUT2D eigenvalue weighted by Gasteiger charge is -2.19. The second kappa shape index (κ2) is 6.50. The molecule has 8 heteroatoms. The number of carboxylic acid groups (broad SMARTS) is 1. The number of benzene rings is 1. The van der Waals surface area contributed by atoms with Crippen LogP contribution in [0.15, 0.2) is 12.1 Å². The molecule has 0 saturated heterocycles. The maximum absolute atomic E-state index is 11.0. The van der Waals surface area contributed by atoms with Gasteiger partial charge in [-0.1, -0.05) is 0 Å². The first-order valence-electron chi connectivity index (χ1n) is 5.68. The molecular formula is C12H12NO7-. The molecule has 1 aromatic rings. The highest BCUT2D eigenvalue weighted by atomic mass is 16.6. The van der Waals surface area contributed by atoms with E-state index in [9.17, 15) is 24.8 Å². The number of hydrogen-bond acceptors (Lipinski definition) is 7. The Labute approximate surface area is 114 Å². The van der Waals surface area contributed by atoms with Crippen LogP contribution in [0, 0.1) is 10.1 Å². The predicted molar refractivity (Wildman–Crippen MR) is 64.7 cm³/mol. The van der Waals surface area contributed by atoms with E-state index in [0.29, 0.717) is 6.29 Å². The van der Waals surface area contributed by atoms with Crippen LogP contribution in [0.2, 0.25) is 0 Å². The number of carbonyl (C=O) groups is 2. The van der Waals surface area contributed by atoms with E-state index in [1.807, 2.05) is 0 Å². The van der Waals surface area contributed by atoms with Gasteiger partial charge in [-0.05, 0) is 13.8 Å². The van der Waals surface area contributed by atoms with E-state index in [1.54, 1.807) is 6.92 Å². The van der Waals surface area contributed by atoms with Crippen LogP contribution in [0.25, 0.3) is 0 Å². The van der Waals surface area contributed by atoms with Crippen molar-refractivity contribution < 1.29 is 29.1 Å². The third kappa shape index (κ3) is 3.44. The minimum Gasteiger partial charge on any atom is -0.546 e. The lowest BCUT2D eigenvalue weighted by atomic mass is 10.1. The van der Waals surface area contributed by atoms with Gasteiger partial charge in [0.05, 0.1) is 29.1 Å². The summed E-state index contributed by atoms with van der Waals surface area (Å²) in [6.07, 6.45) is -1.01. The molecule has 0 saturated carbocycles. The van der Waals surface area contributed by atoms with Gasteiger partial charge in [-0.3, -0.25) is 14.9 Å². The molecular weight excluding hydrogens is 270 g/mol. The average molecular weight is 282 g/mol. The summed E-state index contributed by atoms with van der Waals surface area (Å²) < 4.78 is 10.2. The number of aldehydes is 1. The normalized spacial score (nSPS) is 11.5. The largest absolute Gasteiger partial charge is 0.546 e.